The number of aliphatic hydroxyl groups is 1. The van der Waals surface area contributed by atoms with E-state index in [1.807, 2.05) is 32.0 Å². The molecule has 3 heterocycles. The van der Waals surface area contributed by atoms with Crippen molar-refractivity contribution >= 4 is 32.3 Å². The van der Waals surface area contributed by atoms with Crippen LogP contribution in [0.15, 0.2) is 106 Å². The first-order valence-corrected chi connectivity index (χ1v) is 23.1. The maximum absolute atomic E-state index is 13.6. The molecule has 5 aromatic rings. The van der Waals surface area contributed by atoms with Gasteiger partial charge in [-0.3, -0.25) is 19.4 Å². The molecule has 13 nitrogen and oxygen atoms in total. The molecule has 4 fully saturated rings. The Kier molecular flexibility index (Phi) is 12.7. The number of rotatable bonds is 14. The Bertz CT molecular complexity index is 2590. The fourth-order valence-electron chi connectivity index (χ4n) is 9.82. The number of hydrogen-bond acceptors (Lipinski definition) is 11. The summed E-state index contributed by atoms with van der Waals surface area (Å²) < 4.78 is 33.0. The lowest BCUT2D eigenvalue weighted by molar-refractivity contribution is -0.112. The molecule has 0 spiro atoms. The molecule has 14 heteroatoms. The van der Waals surface area contributed by atoms with E-state index in [0.717, 1.165) is 54.4 Å². The zero-order valence-electron chi connectivity index (χ0n) is 35.6. The van der Waals surface area contributed by atoms with Crippen LogP contribution in [0.5, 0.6) is 11.5 Å². The van der Waals surface area contributed by atoms with E-state index in [1.165, 1.54) is 75.1 Å². The first-order chi connectivity index (χ1) is 29.8. The summed E-state index contributed by atoms with van der Waals surface area (Å²) in [6, 6.07) is 19.4. The van der Waals surface area contributed by atoms with Crippen LogP contribution in [-0.2, 0) is 21.2 Å². The minimum Gasteiger partial charge on any atom is -0.506 e. The van der Waals surface area contributed by atoms with Crippen LogP contribution in [0.4, 0.5) is 5.69 Å². The van der Waals surface area contributed by atoms with Crippen LogP contribution < -0.4 is 20.9 Å². The highest BCUT2D eigenvalue weighted by Gasteiger charge is 2.45. The van der Waals surface area contributed by atoms with Crippen molar-refractivity contribution in [3.8, 4) is 11.5 Å². The lowest BCUT2D eigenvalue weighted by atomic mass is 9.65. The number of aromatic hydroxyl groups is 1. The molecule has 1 aliphatic heterocycles. The third-order valence-electron chi connectivity index (χ3n) is 13.5. The average molecular weight is 861 g/mol. The molecule has 4 aliphatic rings. The number of sulfone groups is 1. The Balaban J connectivity index is 0.819. The van der Waals surface area contributed by atoms with Gasteiger partial charge in [-0.05, 0) is 142 Å². The molecule has 326 valence electrons. The Morgan fingerprint density at radius 1 is 0.984 bits per heavy atom. The number of phenolic OH excluding ortho intramolecular Hbond substituents is 1. The van der Waals surface area contributed by atoms with Crippen molar-refractivity contribution < 1.29 is 28.2 Å². The van der Waals surface area contributed by atoms with Crippen LogP contribution in [0.2, 0.25) is 0 Å². The summed E-state index contributed by atoms with van der Waals surface area (Å²) in [5.74, 6) is 0.707. The van der Waals surface area contributed by atoms with Gasteiger partial charge < -0.3 is 30.6 Å². The van der Waals surface area contributed by atoms with Gasteiger partial charge in [-0.25, -0.2) is 13.4 Å². The van der Waals surface area contributed by atoms with E-state index < -0.39 is 21.8 Å². The summed E-state index contributed by atoms with van der Waals surface area (Å²) in [6.07, 6.45) is 11.4. The van der Waals surface area contributed by atoms with E-state index in [4.69, 9.17) is 4.74 Å². The van der Waals surface area contributed by atoms with Gasteiger partial charge in [0.2, 0.25) is 15.4 Å². The van der Waals surface area contributed by atoms with Crippen LogP contribution in [0, 0.1) is 19.8 Å². The van der Waals surface area contributed by atoms with Crippen LogP contribution in [-0.4, -0.2) is 82.6 Å². The number of amides is 1. The van der Waals surface area contributed by atoms with Gasteiger partial charge in [0, 0.05) is 80.3 Å². The monoisotopic (exact) mass is 860 g/mol. The Labute approximate surface area is 362 Å². The van der Waals surface area contributed by atoms with E-state index in [9.17, 15) is 28.2 Å². The van der Waals surface area contributed by atoms with Crippen LogP contribution in [0.3, 0.4) is 0 Å². The van der Waals surface area contributed by atoms with Gasteiger partial charge in [-0.1, -0.05) is 18.2 Å². The summed E-state index contributed by atoms with van der Waals surface area (Å²) in [6.45, 7) is 10.8. The number of piperazine rings is 1. The number of aryl methyl sites for hydroxylation is 2. The van der Waals surface area contributed by atoms with Crippen LogP contribution >= 0.6 is 0 Å². The topological polar surface area (TPSA) is 177 Å². The lowest BCUT2D eigenvalue weighted by Crippen LogP contribution is -2.60. The maximum Gasteiger partial charge on any atom is 0.251 e. The Morgan fingerprint density at radius 2 is 1.71 bits per heavy atom. The second-order valence-electron chi connectivity index (χ2n) is 17.2. The molecule has 1 saturated heterocycles. The number of benzene rings is 3. The summed E-state index contributed by atoms with van der Waals surface area (Å²) in [7, 11) is -3.93. The van der Waals surface area contributed by atoms with Crippen LogP contribution in [0.1, 0.15) is 85.4 Å². The van der Waals surface area contributed by atoms with Crippen molar-refractivity contribution in [2.75, 3.05) is 38.0 Å². The van der Waals surface area contributed by atoms with Gasteiger partial charge in [0.1, 0.15) is 11.5 Å². The molecule has 62 heavy (non-hydrogen) atoms. The molecule has 3 saturated carbocycles. The number of ether oxygens (including phenoxy) is 1. The molecule has 0 radical (unpaired) electrons. The zero-order chi connectivity index (χ0) is 43.6. The minimum absolute atomic E-state index is 0.0369. The predicted octanol–water partition coefficient (Wildman–Crippen LogP) is 6.83. The molecule has 1 amide bonds. The predicted molar refractivity (Wildman–Crippen MR) is 239 cm³/mol. The summed E-state index contributed by atoms with van der Waals surface area (Å²) in [5.41, 5.74) is 5.37. The number of aromatic nitrogens is 2. The summed E-state index contributed by atoms with van der Waals surface area (Å²) >= 11 is 0. The molecule has 0 unspecified atom stereocenters. The van der Waals surface area contributed by atoms with Gasteiger partial charge in [-0.15, -0.1) is 0 Å². The standard InChI is InChI=1S/C48H56N6O7S/c1-31-25-36(26-32(2)41(31)29-49-30-43(56)39-8-10-42(55)47-40(39)9-11-44(57)52-47)51-45(58)16-24-61-37-5-4-6-38(27-37)62(59,60)46-12-7-35(28-50-46)33(3)53-20-22-54(23-21-53)48-17-13-34(14-18-48)15-19-48/h4-12,16,24-28,33-34,43,49,55-56H,13-15,17-23,29-30H2,1-3H3,(H,51,58)(H,52,57)/t33-,34?,43-,48?/m0/s1. The first kappa shape index (κ1) is 43.3. The number of nitrogens with one attached hydrogen (secondary N) is 3. The second-order valence-corrected chi connectivity index (χ2v) is 19.1. The van der Waals surface area contributed by atoms with Gasteiger partial charge >= 0.3 is 0 Å². The molecule has 2 aromatic heterocycles. The number of aliphatic hydroxyl groups excluding tert-OH is 1. The minimum atomic E-state index is -3.93. The highest BCUT2D eigenvalue weighted by molar-refractivity contribution is 7.91. The Hall–Kier alpha value is -5.38. The number of hydrogen-bond donors (Lipinski definition) is 5. The molecule has 3 aliphatic carbocycles. The van der Waals surface area contributed by atoms with Gasteiger partial charge in [-0.2, -0.15) is 0 Å². The zero-order valence-corrected chi connectivity index (χ0v) is 36.4. The normalized spacial score (nSPS) is 20.7. The van der Waals surface area contributed by atoms with Crippen molar-refractivity contribution in [2.45, 2.75) is 93.4 Å². The van der Waals surface area contributed by atoms with E-state index in [0.29, 0.717) is 28.7 Å². The van der Waals surface area contributed by atoms with Gasteiger partial charge in [0.15, 0.2) is 5.03 Å². The van der Waals surface area contributed by atoms with E-state index in [2.05, 4.69) is 37.3 Å². The average Bonchev–Trinajstić information content (AvgIpc) is 3.28. The third kappa shape index (κ3) is 9.20. The van der Waals surface area contributed by atoms with Gasteiger partial charge in [0.05, 0.1) is 22.8 Å². The number of anilines is 1. The van der Waals surface area contributed by atoms with Crippen LogP contribution in [0.25, 0.3) is 10.9 Å². The molecular formula is C48H56N6O7S. The largest absolute Gasteiger partial charge is 0.506 e. The van der Waals surface area contributed by atoms with E-state index >= 15 is 0 Å². The number of carbonyl (C=O) groups excluding carboxylic acids is 1. The lowest BCUT2D eigenvalue weighted by Gasteiger charge is -2.55. The maximum atomic E-state index is 13.6. The van der Waals surface area contributed by atoms with Crippen molar-refractivity contribution in [3.63, 3.8) is 0 Å². The molecule has 2 atom stereocenters. The summed E-state index contributed by atoms with van der Waals surface area (Å²) in [4.78, 5) is 36.9. The smallest absolute Gasteiger partial charge is 0.251 e. The van der Waals surface area contributed by atoms with Gasteiger partial charge in [0.25, 0.3) is 5.91 Å². The number of fused-ring (bicyclic) bond motifs is 4. The highest BCUT2D eigenvalue weighted by Crippen LogP contribution is 2.48. The number of nitrogens with zero attached hydrogens (tertiary/aromatic N) is 3. The number of pyridine rings is 2. The number of aromatic amines is 1. The number of H-pyrrole nitrogens is 1. The van der Waals surface area contributed by atoms with Crippen molar-refractivity contribution in [1.29, 1.82) is 0 Å². The second kappa shape index (κ2) is 18.1. The number of carbonyl (C=O) groups is 1. The van der Waals surface area contributed by atoms with Crippen molar-refractivity contribution in [2.24, 2.45) is 5.92 Å². The molecule has 2 bridgehead atoms. The highest BCUT2D eigenvalue weighted by atomic mass is 32.2. The SMILES string of the molecule is Cc1cc(NC(=O)C=COc2cccc(S(=O)(=O)c3ccc([C@H](C)N4CCN(C56CCC(CC5)CC6)CC4)cn3)c2)cc(C)c1CNC[C@H](O)c1ccc(O)c2[nH]c(=O)ccc12. The molecular weight excluding hydrogens is 805 g/mol. The van der Waals surface area contributed by atoms with E-state index in [-0.39, 0.29) is 45.1 Å². The fourth-order valence-corrected chi connectivity index (χ4v) is 11.0. The van der Waals surface area contributed by atoms with Crippen molar-refractivity contribution in [3.05, 3.63) is 130 Å². The third-order valence-corrected chi connectivity index (χ3v) is 15.2. The van der Waals surface area contributed by atoms with E-state index in [1.54, 1.807) is 36.5 Å². The first-order valence-electron chi connectivity index (χ1n) is 21.6. The quantitative estimate of drug-likeness (QED) is 0.0584. The number of phenols is 1. The molecule has 3 aromatic carbocycles. The Morgan fingerprint density at radius 3 is 2.40 bits per heavy atom. The fraction of sp³-hybridized carbons (Fsp3) is 0.396. The van der Waals surface area contributed by atoms with Crippen molar-refractivity contribution in [1.82, 2.24) is 25.1 Å². The molecule has 5 N–H and O–H groups in total. The molecule has 9 rings (SSSR count). The summed E-state index contributed by atoms with van der Waals surface area (Å²) in [5, 5.41) is 27.8.